The largest absolute Gasteiger partial charge is 0.480 e. The highest BCUT2D eigenvalue weighted by Gasteiger charge is 2.21. The third kappa shape index (κ3) is 5.86. The molecule has 0 bridgehead atoms. The van der Waals surface area contributed by atoms with Gasteiger partial charge in [-0.3, -0.25) is 9.79 Å². The third-order valence-corrected chi connectivity index (χ3v) is 2.52. The van der Waals surface area contributed by atoms with Crippen LogP contribution in [0.3, 0.4) is 0 Å². The number of hydrogen-bond donors (Lipinski definition) is 3. The van der Waals surface area contributed by atoms with Crippen LogP contribution < -0.4 is 5.32 Å². The number of thiol groups is 1. The maximum Gasteiger partial charge on any atom is 0.327 e. The molecule has 0 aromatic carbocycles. The van der Waals surface area contributed by atoms with Crippen molar-refractivity contribution in [2.24, 2.45) is 4.99 Å². The van der Waals surface area contributed by atoms with E-state index in [9.17, 15) is 9.59 Å². The van der Waals surface area contributed by atoms with Gasteiger partial charge in [-0.15, -0.1) is 5.10 Å². The zero-order valence-corrected chi connectivity index (χ0v) is 12.8. The first-order chi connectivity index (χ1) is 9.73. The molecule has 1 aromatic rings. The van der Waals surface area contributed by atoms with Crippen LogP contribution in [0.15, 0.2) is 11.2 Å². The van der Waals surface area contributed by atoms with E-state index in [1.807, 2.05) is 20.8 Å². The molecule has 21 heavy (non-hydrogen) atoms. The van der Waals surface area contributed by atoms with Crippen LogP contribution >= 0.6 is 12.6 Å². The quantitative estimate of drug-likeness (QED) is 0.528. The summed E-state index contributed by atoms with van der Waals surface area (Å²) in [6.07, 6.45) is 2.85. The van der Waals surface area contributed by atoms with Crippen molar-refractivity contribution in [3.8, 4) is 0 Å². The van der Waals surface area contributed by atoms with Crippen LogP contribution in [0.1, 0.15) is 37.1 Å². The molecule has 0 spiro atoms. The van der Waals surface area contributed by atoms with E-state index in [2.05, 4.69) is 38.1 Å². The molecule has 1 atom stereocenters. The lowest BCUT2D eigenvalue weighted by Gasteiger charge is -2.11. The number of rotatable bonds is 5. The molecule has 1 unspecified atom stereocenters. The normalized spacial score (nSPS) is 13.1. The summed E-state index contributed by atoms with van der Waals surface area (Å²) in [6, 6.07) is -1.11. The molecule has 0 aliphatic carbocycles. The summed E-state index contributed by atoms with van der Waals surface area (Å²) in [6.45, 7) is 5.74. The molecule has 1 amide bonds. The Hall–Kier alpha value is -2.03. The monoisotopic (exact) mass is 311 g/mol. The van der Waals surface area contributed by atoms with Crippen molar-refractivity contribution in [3.63, 3.8) is 0 Å². The zero-order chi connectivity index (χ0) is 16.0. The summed E-state index contributed by atoms with van der Waals surface area (Å²) in [4.78, 5) is 30.9. The van der Waals surface area contributed by atoms with E-state index in [0.29, 0.717) is 5.69 Å². The molecule has 0 radical (unpaired) electrons. The van der Waals surface area contributed by atoms with Crippen LogP contribution in [0.25, 0.3) is 0 Å². The van der Waals surface area contributed by atoms with Crippen LogP contribution in [0.4, 0.5) is 0 Å². The van der Waals surface area contributed by atoms with Gasteiger partial charge in [0.05, 0.1) is 11.7 Å². The maximum absolute atomic E-state index is 11.9. The van der Waals surface area contributed by atoms with Crippen molar-refractivity contribution in [1.82, 2.24) is 20.5 Å². The van der Waals surface area contributed by atoms with Gasteiger partial charge in [-0.05, 0) is 20.8 Å². The average Bonchev–Trinajstić information content (AvgIpc) is 2.41. The molecule has 9 heteroatoms. The molecule has 8 nitrogen and oxygen atoms in total. The molecule has 114 valence electrons. The Balaban J connectivity index is 2.87. The molecule has 0 fully saturated rings. The van der Waals surface area contributed by atoms with Crippen LogP contribution in [-0.2, 0) is 4.79 Å². The average molecular weight is 311 g/mol. The highest BCUT2D eigenvalue weighted by atomic mass is 32.1. The van der Waals surface area contributed by atoms with Gasteiger partial charge in [0.2, 0.25) is 5.82 Å². The van der Waals surface area contributed by atoms with E-state index >= 15 is 0 Å². The molecule has 1 heterocycles. The van der Waals surface area contributed by atoms with Crippen molar-refractivity contribution < 1.29 is 14.7 Å². The number of nitrogens with one attached hydrogen (secondary N) is 1. The first-order valence-electron chi connectivity index (χ1n) is 6.12. The van der Waals surface area contributed by atoms with Crippen molar-refractivity contribution >= 4 is 30.7 Å². The Morgan fingerprint density at radius 1 is 1.52 bits per heavy atom. The Labute approximate surface area is 127 Å². The number of aromatic nitrogens is 3. The van der Waals surface area contributed by atoms with Gasteiger partial charge in [-0.2, -0.15) is 17.7 Å². The topological polar surface area (TPSA) is 117 Å². The number of carboxylic acids is 1. The fourth-order valence-electron chi connectivity index (χ4n) is 1.14. The highest BCUT2D eigenvalue weighted by molar-refractivity contribution is 7.80. The smallest absolute Gasteiger partial charge is 0.327 e. The molecular formula is C12H17N5O3S. The molecule has 0 aliphatic rings. The van der Waals surface area contributed by atoms with Crippen LogP contribution in [0.5, 0.6) is 0 Å². The number of aliphatic imine (C=N–C) groups is 1. The minimum atomic E-state index is -1.18. The van der Waals surface area contributed by atoms with E-state index in [1.54, 1.807) is 0 Å². The molecule has 0 aliphatic heterocycles. The minimum Gasteiger partial charge on any atom is -0.480 e. The number of aliphatic carboxylic acids is 1. The number of carboxylic acid groups (broad SMARTS) is 1. The van der Waals surface area contributed by atoms with Crippen LogP contribution in [0, 0.1) is 0 Å². The van der Waals surface area contributed by atoms with Crippen LogP contribution in [0.2, 0.25) is 0 Å². The summed E-state index contributed by atoms with van der Waals surface area (Å²) in [5, 5.41) is 18.3. The molecular weight excluding hydrogens is 294 g/mol. The van der Waals surface area contributed by atoms with Gasteiger partial charge in [-0.25, -0.2) is 9.78 Å². The van der Waals surface area contributed by atoms with Gasteiger partial charge in [-0.1, -0.05) is 0 Å². The summed E-state index contributed by atoms with van der Waals surface area (Å²) in [7, 11) is 0. The van der Waals surface area contributed by atoms with E-state index in [1.165, 1.54) is 12.4 Å². The predicted molar refractivity (Wildman–Crippen MR) is 79.9 cm³/mol. The summed E-state index contributed by atoms with van der Waals surface area (Å²) in [5.41, 5.74) is 0.0798. The Bertz CT molecular complexity index is 556. The third-order valence-electron chi connectivity index (χ3n) is 2.15. The minimum absolute atomic E-state index is 0.0420. The molecule has 1 aromatic heterocycles. The van der Waals surface area contributed by atoms with E-state index in [-0.39, 0.29) is 17.1 Å². The van der Waals surface area contributed by atoms with Crippen molar-refractivity contribution in [1.29, 1.82) is 0 Å². The lowest BCUT2D eigenvalue weighted by molar-refractivity contribution is -0.138. The molecule has 0 saturated heterocycles. The second-order valence-electron chi connectivity index (χ2n) is 5.18. The summed E-state index contributed by atoms with van der Waals surface area (Å²) < 4.78 is 0. The SMILES string of the molecule is CC(C)(C)/N=C\c1cnnc(C(=O)NC(CS)C(=O)O)n1. The standard InChI is InChI=1S/C12H17N5O3S/c1-12(2,3)13-4-7-5-14-17-9(15-7)10(18)16-8(6-21)11(19)20/h4-5,8,21H,6H2,1-3H3,(H,16,18)(H,19,20)/b13-4-. The predicted octanol–water partition coefficient (Wildman–Crippen LogP) is 0.202. The summed E-state index contributed by atoms with van der Waals surface area (Å²) >= 11 is 3.85. The Morgan fingerprint density at radius 2 is 2.19 bits per heavy atom. The van der Waals surface area contributed by atoms with Crippen molar-refractivity contribution in [2.45, 2.75) is 32.4 Å². The number of hydrogen-bond acceptors (Lipinski definition) is 7. The second kappa shape index (κ2) is 7.11. The van der Waals surface area contributed by atoms with E-state index < -0.39 is 17.9 Å². The molecule has 2 N–H and O–H groups in total. The lowest BCUT2D eigenvalue weighted by atomic mass is 10.1. The first kappa shape index (κ1) is 17.0. The number of amides is 1. The van der Waals surface area contributed by atoms with E-state index in [4.69, 9.17) is 5.11 Å². The second-order valence-corrected chi connectivity index (χ2v) is 5.55. The van der Waals surface area contributed by atoms with E-state index in [0.717, 1.165) is 0 Å². The first-order valence-corrected chi connectivity index (χ1v) is 6.75. The maximum atomic E-state index is 11.9. The number of carbonyl (C=O) groups excluding carboxylic acids is 1. The zero-order valence-electron chi connectivity index (χ0n) is 11.9. The molecule has 1 rings (SSSR count). The highest BCUT2D eigenvalue weighted by Crippen LogP contribution is 2.05. The van der Waals surface area contributed by atoms with Gasteiger partial charge < -0.3 is 10.4 Å². The van der Waals surface area contributed by atoms with Gasteiger partial charge >= 0.3 is 5.97 Å². The lowest BCUT2D eigenvalue weighted by Crippen LogP contribution is -2.42. The fraction of sp³-hybridized carbons (Fsp3) is 0.500. The van der Waals surface area contributed by atoms with Gasteiger partial charge in [0.15, 0.2) is 0 Å². The Morgan fingerprint density at radius 3 is 2.71 bits per heavy atom. The summed E-state index contributed by atoms with van der Waals surface area (Å²) in [5.74, 6) is -2.17. The Kier molecular flexibility index (Phi) is 5.77. The van der Waals surface area contributed by atoms with Gasteiger partial charge in [0, 0.05) is 12.0 Å². The fourth-order valence-corrected chi connectivity index (χ4v) is 1.39. The number of nitrogens with zero attached hydrogens (tertiary/aromatic N) is 4. The van der Waals surface area contributed by atoms with Gasteiger partial charge in [0.25, 0.3) is 5.91 Å². The van der Waals surface area contributed by atoms with Crippen LogP contribution in [-0.4, -0.2) is 55.7 Å². The van der Waals surface area contributed by atoms with Gasteiger partial charge in [0.1, 0.15) is 11.7 Å². The van der Waals surface area contributed by atoms with Crippen molar-refractivity contribution in [2.75, 3.05) is 5.75 Å². The van der Waals surface area contributed by atoms with Crippen molar-refractivity contribution in [3.05, 3.63) is 17.7 Å². The number of carbonyl (C=O) groups is 2. The molecule has 0 saturated carbocycles.